The van der Waals surface area contributed by atoms with E-state index in [-0.39, 0.29) is 163 Å². The normalized spacial score (nSPS) is 9.91. The van der Waals surface area contributed by atoms with Crippen molar-refractivity contribution in [1.82, 2.24) is 0 Å². The Morgan fingerprint density at radius 1 is 0.275 bits per heavy atom. The van der Waals surface area contributed by atoms with E-state index in [2.05, 4.69) is 40.7 Å². The number of ketones is 6. The summed E-state index contributed by atoms with van der Waals surface area (Å²) in [7, 11) is 0. The molecule has 0 aliphatic carbocycles. The first-order valence-corrected chi connectivity index (χ1v) is 19.1. The third-order valence-electron chi connectivity index (χ3n) is 5.59. The fraction of sp³-hybridized carbons (Fsp3) is 0.500. The van der Waals surface area contributed by atoms with Crippen molar-refractivity contribution < 1.29 is 147 Å². The molecule has 0 aromatic rings. The maximum absolute atomic E-state index is 10.7. The van der Waals surface area contributed by atoms with Gasteiger partial charge in [-0.1, -0.05) is 83.1 Å². The first kappa shape index (κ1) is 106. The zero-order valence-corrected chi connectivity index (χ0v) is 48.2. The van der Waals surface area contributed by atoms with Crippen LogP contribution in [0.3, 0.4) is 0 Å². The number of aliphatic hydroxyl groups excluding tert-OH is 6. The van der Waals surface area contributed by atoms with Crippen LogP contribution in [0.25, 0.3) is 0 Å². The van der Waals surface area contributed by atoms with Gasteiger partial charge in [0, 0.05) is 72.0 Å². The Morgan fingerprint density at radius 2 is 0.391 bits per heavy atom. The first-order valence-electron chi connectivity index (χ1n) is 19.1. The van der Waals surface area contributed by atoms with Crippen molar-refractivity contribution >= 4 is 75.4 Å². The second kappa shape index (κ2) is 80.2. The fourth-order valence-electron chi connectivity index (χ4n) is 2.24. The summed E-state index contributed by atoms with van der Waals surface area (Å²) < 4.78 is 0. The maximum Gasteiger partial charge on any atom is 2.00 e. The molecule has 0 atom stereocenters. The maximum atomic E-state index is 10.7. The van der Waals surface area contributed by atoms with Gasteiger partial charge in [-0.05, 0) is 41.5 Å². The summed E-state index contributed by atoms with van der Waals surface area (Å²) in [5, 5.41) is 52.6. The van der Waals surface area contributed by atoms with Gasteiger partial charge < -0.3 is 59.4 Å². The number of hydrogen-bond acceptors (Lipinski definition) is 18. The number of hydrogen-bond donors (Lipinski definition) is 6. The molecule has 0 saturated carbocycles. The summed E-state index contributed by atoms with van der Waals surface area (Å²) in [4.78, 5) is 110. The van der Waals surface area contributed by atoms with Crippen LogP contribution >= 0.6 is 0 Å². The van der Waals surface area contributed by atoms with Crippen molar-refractivity contribution in [3.8, 4) is 0 Å². The van der Waals surface area contributed by atoms with E-state index in [4.69, 9.17) is 59.4 Å². The Bertz CT molecular complexity index is 1270. The number of allylic oxidation sites excluding steroid dienone is 12. The standard InChI is InChI=1S/6C7H12O2.6CHO.3Ru/c6*1-5(2)7(9)4-6(3)8;6*1-2;;;/h3*4-5,9H,1-3H3;3*4-5,8H,1-3H3;6*1H;;;/q;;;;;;6*-1;3*+2. The third-order valence-corrected chi connectivity index (χ3v) is 5.59. The Morgan fingerprint density at radius 3 is 0.420 bits per heavy atom. The van der Waals surface area contributed by atoms with Crippen molar-refractivity contribution in [2.45, 2.75) is 125 Å². The van der Waals surface area contributed by atoms with Gasteiger partial charge in [-0.25, -0.2) is 0 Å². The number of aliphatic hydroxyl groups is 6. The molecule has 402 valence electrons. The predicted octanol–water partition coefficient (Wildman–Crippen LogP) is 8.39. The molecule has 0 aliphatic heterocycles. The van der Waals surface area contributed by atoms with Crippen molar-refractivity contribution in [2.75, 3.05) is 0 Å². The van der Waals surface area contributed by atoms with Crippen LogP contribution in [0, 0.1) is 35.5 Å². The Hall–Kier alpha value is -4.85. The molecule has 18 nitrogen and oxygen atoms in total. The van der Waals surface area contributed by atoms with Crippen molar-refractivity contribution in [3.63, 3.8) is 0 Å². The van der Waals surface area contributed by atoms with E-state index in [9.17, 15) is 28.8 Å². The smallest absolute Gasteiger partial charge is 0.545 e. The van der Waals surface area contributed by atoms with Gasteiger partial charge in [-0.15, -0.1) is 0 Å². The molecule has 0 radical (unpaired) electrons. The minimum atomic E-state index is -0.110. The Labute approximate surface area is 450 Å². The van der Waals surface area contributed by atoms with Gasteiger partial charge in [0.05, 0.1) is 34.6 Å². The van der Waals surface area contributed by atoms with E-state index in [0.29, 0.717) is 0 Å². The van der Waals surface area contributed by atoms with Gasteiger partial charge in [0.2, 0.25) is 0 Å². The van der Waals surface area contributed by atoms with E-state index in [0.717, 1.165) is 0 Å². The van der Waals surface area contributed by atoms with Crippen LogP contribution in [-0.2, 0) is 116 Å². The molecule has 0 spiro atoms. The average molecular weight is 1250 g/mol. The second-order valence-corrected chi connectivity index (χ2v) is 14.0. The van der Waals surface area contributed by atoms with E-state index >= 15 is 0 Å². The van der Waals surface area contributed by atoms with Crippen LogP contribution in [0.4, 0.5) is 0 Å². The molecule has 0 heterocycles. The summed E-state index contributed by atoms with van der Waals surface area (Å²) in [6.07, 6.45) is 7.44. The zero-order chi connectivity index (χ0) is 56.6. The molecule has 0 aromatic carbocycles. The largest absolute Gasteiger partial charge is 2.00 e. The second-order valence-electron chi connectivity index (χ2n) is 14.0. The molecule has 21 heteroatoms. The molecular formula is C48H78O18Ru3. The number of rotatable bonds is 12. The minimum Gasteiger partial charge on any atom is -0.545 e. The fourth-order valence-corrected chi connectivity index (χ4v) is 2.24. The van der Waals surface area contributed by atoms with Gasteiger partial charge in [0.25, 0.3) is 0 Å². The quantitative estimate of drug-likeness (QED) is 0.0351. The van der Waals surface area contributed by atoms with Gasteiger partial charge in [-0.2, -0.15) is 0 Å². The van der Waals surface area contributed by atoms with E-state index in [1.165, 1.54) is 78.0 Å². The van der Waals surface area contributed by atoms with Crippen LogP contribution in [-0.4, -0.2) is 106 Å². The van der Waals surface area contributed by atoms with Crippen molar-refractivity contribution in [1.29, 1.82) is 0 Å². The van der Waals surface area contributed by atoms with E-state index < -0.39 is 0 Å². The predicted molar refractivity (Wildman–Crippen MR) is 258 cm³/mol. The monoisotopic (exact) mass is 1250 g/mol. The summed E-state index contributed by atoms with van der Waals surface area (Å²) in [5.41, 5.74) is 0. The van der Waals surface area contributed by atoms with Crippen LogP contribution in [0.15, 0.2) is 71.0 Å². The molecule has 0 fully saturated rings. The zero-order valence-electron chi connectivity index (χ0n) is 43.0. The molecule has 0 rings (SSSR count). The van der Waals surface area contributed by atoms with Crippen molar-refractivity contribution in [2.24, 2.45) is 35.5 Å². The topological polar surface area (TPSA) is 326 Å². The summed E-state index contributed by atoms with van der Waals surface area (Å²) in [5.74, 6) is 0.357. The van der Waals surface area contributed by atoms with Crippen LogP contribution in [0.1, 0.15) is 125 Å². The van der Waals surface area contributed by atoms with E-state index in [1.54, 1.807) is 41.5 Å². The molecule has 0 bridgehead atoms. The molecule has 6 N–H and O–H groups in total. The molecule has 0 amide bonds. The molecule has 69 heavy (non-hydrogen) atoms. The summed E-state index contributed by atoms with van der Waals surface area (Å²) >= 11 is 0. The SMILES string of the molecule is CC(=O)C=C(O)C(C)C.CC(=O)C=C(O)C(C)C.CC(=O)C=C(O)C(C)C.CC(O)=CC(=O)C(C)C.CC(O)=CC(=O)C(C)C.CC(O)=CC(=O)C(C)C.[CH-]=O.[CH-]=O.[CH-]=O.[CH-]=O.[CH-]=O.[CH-]=O.[Ru+2].[Ru+2].[Ru+2]. The van der Waals surface area contributed by atoms with Crippen LogP contribution in [0.5, 0.6) is 0 Å². The third kappa shape index (κ3) is 127. The van der Waals surface area contributed by atoms with Gasteiger partial charge >= 0.3 is 58.4 Å². The molecule has 0 unspecified atom stereocenters. The average Bonchev–Trinajstić information content (AvgIpc) is 3.22. The minimum absolute atomic E-state index is 0. The molecule has 0 aliphatic rings. The molecule has 0 saturated heterocycles. The van der Waals surface area contributed by atoms with Crippen LogP contribution < -0.4 is 0 Å². The molecular weight excluding hydrogens is 1170 g/mol. The number of carbonyl (C=O) groups is 6. The van der Waals surface area contributed by atoms with Crippen LogP contribution in [0.2, 0.25) is 0 Å². The Kier molecular flexibility index (Phi) is 123. The number of carbonyl (C=O) groups excluding carboxylic acids is 12. The first-order chi connectivity index (χ1) is 30.2. The summed E-state index contributed by atoms with van der Waals surface area (Å²) in [6.45, 7) is 49.9. The molecule has 0 aromatic heterocycles. The Balaban J connectivity index is -0.0000000370. The summed E-state index contributed by atoms with van der Waals surface area (Å²) in [6, 6.07) is 0. The van der Waals surface area contributed by atoms with E-state index in [1.807, 2.05) is 41.5 Å². The van der Waals surface area contributed by atoms with Gasteiger partial charge in [0.15, 0.2) is 34.7 Å². The van der Waals surface area contributed by atoms with Gasteiger partial charge in [-0.3, -0.25) is 69.5 Å². The van der Waals surface area contributed by atoms with Gasteiger partial charge in [0.1, 0.15) is 0 Å². The van der Waals surface area contributed by atoms with Crippen molar-refractivity contribution in [3.05, 3.63) is 71.0 Å².